The predicted molar refractivity (Wildman–Crippen MR) is 139 cm³/mol. The van der Waals surface area contributed by atoms with Crippen molar-refractivity contribution in [1.82, 2.24) is 4.90 Å². The normalized spacial score (nSPS) is 27.2. The molecule has 0 amide bonds. The van der Waals surface area contributed by atoms with Crippen molar-refractivity contribution in [3.8, 4) is 0 Å². The van der Waals surface area contributed by atoms with Crippen LogP contribution in [0.2, 0.25) is 0 Å². The summed E-state index contributed by atoms with van der Waals surface area (Å²) in [7, 11) is 0. The quantitative estimate of drug-likeness (QED) is 0.529. The van der Waals surface area contributed by atoms with Crippen molar-refractivity contribution in [2.45, 2.75) is 78.4 Å². The van der Waals surface area contributed by atoms with Crippen LogP contribution in [0.3, 0.4) is 0 Å². The average Bonchev–Trinajstić information content (AvgIpc) is 2.79. The van der Waals surface area contributed by atoms with Crippen LogP contribution in [0.25, 0.3) is 0 Å². The smallest absolute Gasteiger partial charge is 0.0726 e. The number of ether oxygens (including phenoxy) is 2. The molecular formula is C28H47N3O2. The van der Waals surface area contributed by atoms with E-state index in [1.54, 1.807) is 5.56 Å². The van der Waals surface area contributed by atoms with Crippen LogP contribution in [0, 0.1) is 5.41 Å². The molecule has 33 heavy (non-hydrogen) atoms. The molecule has 0 N–H and O–H groups in total. The number of morpholine rings is 1. The van der Waals surface area contributed by atoms with E-state index in [2.05, 4.69) is 67.5 Å². The minimum absolute atomic E-state index is 0.289. The first kappa shape index (κ1) is 24.8. The second-order valence-corrected chi connectivity index (χ2v) is 11.4. The van der Waals surface area contributed by atoms with Gasteiger partial charge in [-0.05, 0) is 81.5 Å². The molecule has 3 fully saturated rings. The maximum atomic E-state index is 6.01. The lowest BCUT2D eigenvalue weighted by atomic mass is 9.71. The molecule has 186 valence electrons. The van der Waals surface area contributed by atoms with Crippen molar-refractivity contribution in [3.05, 3.63) is 23.8 Å². The van der Waals surface area contributed by atoms with Crippen molar-refractivity contribution in [3.63, 3.8) is 0 Å². The van der Waals surface area contributed by atoms with Gasteiger partial charge in [0.1, 0.15) is 0 Å². The van der Waals surface area contributed by atoms with E-state index < -0.39 is 0 Å². The Kier molecular flexibility index (Phi) is 8.24. The van der Waals surface area contributed by atoms with Gasteiger partial charge in [-0.1, -0.05) is 13.8 Å². The molecule has 0 spiro atoms. The fourth-order valence-corrected chi connectivity index (χ4v) is 6.00. The highest BCUT2D eigenvalue weighted by Crippen LogP contribution is 2.45. The summed E-state index contributed by atoms with van der Waals surface area (Å²) in [6.07, 6.45) is 5.87. The van der Waals surface area contributed by atoms with Crippen LogP contribution in [-0.2, 0) is 9.47 Å². The first-order chi connectivity index (χ1) is 15.8. The molecule has 1 aliphatic carbocycles. The van der Waals surface area contributed by atoms with E-state index in [-0.39, 0.29) is 12.2 Å². The Hall–Kier alpha value is -1.30. The Morgan fingerprint density at radius 3 is 2.27 bits per heavy atom. The second kappa shape index (κ2) is 11.0. The van der Waals surface area contributed by atoms with Gasteiger partial charge >= 0.3 is 0 Å². The van der Waals surface area contributed by atoms with Crippen molar-refractivity contribution < 1.29 is 9.47 Å². The van der Waals surface area contributed by atoms with Crippen LogP contribution in [0.5, 0.6) is 0 Å². The molecule has 5 heteroatoms. The molecule has 2 atom stereocenters. The van der Waals surface area contributed by atoms with Gasteiger partial charge in [-0.15, -0.1) is 0 Å². The largest absolute Gasteiger partial charge is 0.380 e. The molecule has 4 rings (SSSR count). The van der Waals surface area contributed by atoms with Crippen molar-refractivity contribution in [1.29, 1.82) is 0 Å². The third-order valence-electron chi connectivity index (χ3n) is 8.04. The standard InChI is InChI=1S/C28H47N3O2/c1-6-32-18-17-29-13-15-30(16-14-29)27-8-7-25(31-20-22(2)33-23(3)21-31)19-26(27)24-9-11-28(4,5)12-10-24/h7-8,19,22-24H,6,9-18,20-21H2,1-5H3/t22-,23+. The lowest BCUT2D eigenvalue weighted by Crippen LogP contribution is -2.48. The van der Waals surface area contributed by atoms with E-state index in [4.69, 9.17) is 9.47 Å². The number of nitrogens with zero attached hydrogens (tertiary/aromatic N) is 3. The number of hydrogen-bond acceptors (Lipinski definition) is 5. The first-order valence-electron chi connectivity index (χ1n) is 13.4. The van der Waals surface area contributed by atoms with Gasteiger partial charge in [-0.3, -0.25) is 4.90 Å². The van der Waals surface area contributed by atoms with Gasteiger partial charge in [-0.2, -0.15) is 0 Å². The van der Waals surface area contributed by atoms with E-state index in [0.717, 1.165) is 59.0 Å². The maximum Gasteiger partial charge on any atom is 0.0726 e. The van der Waals surface area contributed by atoms with E-state index in [1.165, 1.54) is 37.1 Å². The number of anilines is 2. The van der Waals surface area contributed by atoms with E-state index >= 15 is 0 Å². The molecule has 0 radical (unpaired) electrons. The first-order valence-corrected chi connectivity index (χ1v) is 13.4. The van der Waals surface area contributed by atoms with Crippen LogP contribution in [0.15, 0.2) is 18.2 Å². The van der Waals surface area contributed by atoms with Gasteiger partial charge in [0.2, 0.25) is 0 Å². The lowest BCUT2D eigenvalue weighted by Gasteiger charge is -2.41. The predicted octanol–water partition coefficient (Wildman–Crippen LogP) is 5.14. The van der Waals surface area contributed by atoms with Crippen molar-refractivity contribution in [2.24, 2.45) is 5.41 Å². The molecule has 1 saturated carbocycles. The SMILES string of the molecule is CCOCCN1CCN(c2ccc(N3C[C@@H](C)O[C@@H](C)C3)cc2C2CCC(C)(C)CC2)CC1. The Morgan fingerprint density at radius 1 is 0.970 bits per heavy atom. The summed E-state index contributed by atoms with van der Waals surface area (Å²) in [4.78, 5) is 7.75. The Bertz CT molecular complexity index is 740. The fourth-order valence-electron chi connectivity index (χ4n) is 6.00. The zero-order valence-electron chi connectivity index (χ0n) is 21.8. The Balaban J connectivity index is 1.52. The monoisotopic (exact) mass is 457 g/mol. The summed E-state index contributed by atoms with van der Waals surface area (Å²) < 4.78 is 11.6. The lowest BCUT2D eigenvalue weighted by molar-refractivity contribution is -0.00522. The minimum atomic E-state index is 0.289. The van der Waals surface area contributed by atoms with Crippen LogP contribution in [0.1, 0.15) is 71.8 Å². The molecule has 2 aliphatic heterocycles. The number of benzene rings is 1. The molecule has 0 unspecified atom stereocenters. The summed E-state index contributed by atoms with van der Waals surface area (Å²) in [5.74, 6) is 0.680. The highest BCUT2D eigenvalue weighted by Gasteiger charge is 2.31. The zero-order chi connectivity index (χ0) is 23.4. The van der Waals surface area contributed by atoms with Crippen molar-refractivity contribution in [2.75, 3.05) is 68.8 Å². The summed E-state index contributed by atoms with van der Waals surface area (Å²) >= 11 is 0. The number of rotatable bonds is 7. The van der Waals surface area contributed by atoms with Gasteiger partial charge < -0.3 is 19.3 Å². The van der Waals surface area contributed by atoms with Crippen LogP contribution in [0.4, 0.5) is 11.4 Å². The average molecular weight is 458 g/mol. The van der Waals surface area contributed by atoms with Gasteiger partial charge in [0.15, 0.2) is 0 Å². The van der Waals surface area contributed by atoms with E-state index in [0.29, 0.717) is 11.3 Å². The van der Waals surface area contributed by atoms with Gasteiger partial charge in [-0.25, -0.2) is 0 Å². The third kappa shape index (κ3) is 6.43. The molecular weight excluding hydrogens is 410 g/mol. The summed E-state index contributed by atoms with van der Waals surface area (Å²) in [6, 6.07) is 7.35. The molecule has 3 aliphatic rings. The topological polar surface area (TPSA) is 28.2 Å². The van der Waals surface area contributed by atoms with E-state index in [9.17, 15) is 0 Å². The number of piperazine rings is 1. The molecule has 0 bridgehead atoms. The summed E-state index contributed by atoms with van der Waals surface area (Å²) in [5, 5.41) is 0. The highest BCUT2D eigenvalue weighted by atomic mass is 16.5. The molecule has 5 nitrogen and oxygen atoms in total. The highest BCUT2D eigenvalue weighted by molar-refractivity contribution is 5.64. The fraction of sp³-hybridized carbons (Fsp3) is 0.786. The number of hydrogen-bond donors (Lipinski definition) is 0. The van der Waals surface area contributed by atoms with Crippen LogP contribution >= 0.6 is 0 Å². The molecule has 1 aromatic rings. The zero-order valence-corrected chi connectivity index (χ0v) is 21.8. The van der Waals surface area contributed by atoms with Gasteiger partial charge in [0, 0.05) is 63.8 Å². The van der Waals surface area contributed by atoms with Gasteiger partial charge in [0.05, 0.1) is 18.8 Å². The Morgan fingerprint density at radius 2 is 1.64 bits per heavy atom. The second-order valence-electron chi connectivity index (χ2n) is 11.4. The van der Waals surface area contributed by atoms with Crippen molar-refractivity contribution >= 4 is 11.4 Å². The summed E-state index contributed by atoms with van der Waals surface area (Å²) in [5.41, 5.74) is 4.96. The molecule has 0 aromatic heterocycles. The van der Waals surface area contributed by atoms with Crippen LogP contribution in [-0.4, -0.2) is 76.1 Å². The summed E-state index contributed by atoms with van der Waals surface area (Å²) in [6.45, 7) is 20.5. The Labute approximate surface area is 202 Å². The minimum Gasteiger partial charge on any atom is -0.380 e. The molecule has 2 heterocycles. The van der Waals surface area contributed by atoms with Crippen LogP contribution < -0.4 is 9.80 Å². The third-order valence-corrected chi connectivity index (χ3v) is 8.04. The van der Waals surface area contributed by atoms with E-state index in [1.807, 2.05) is 0 Å². The van der Waals surface area contributed by atoms with Gasteiger partial charge in [0.25, 0.3) is 0 Å². The molecule has 1 aromatic carbocycles. The maximum absolute atomic E-state index is 6.01. The molecule has 2 saturated heterocycles.